The smallest absolute Gasteiger partial charge is 0.358 e. The lowest BCUT2D eigenvalue weighted by Crippen LogP contribution is -2.27. The molecule has 25 heavy (non-hydrogen) atoms. The van der Waals surface area contributed by atoms with Crippen molar-refractivity contribution >= 4 is 24.0 Å². The van der Waals surface area contributed by atoms with Crippen LogP contribution in [0.25, 0.3) is 5.70 Å². The molecular weight excluding hydrogens is 326 g/mol. The largest absolute Gasteiger partial charge is 0.468 e. The number of fused-ring (bicyclic) bond motifs is 3. The van der Waals surface area contributed by atoms with Gasteiger partial charge in [-0.1, -0.05) is 12.2 Å². The number of likely N-dealkylation sites (N-methyl/N-ethyl adjacent to an activating group) is 1. The van der Waals surface area contributed by atoms with E-state index in [1.165, 1.54) is 0 Å². The maximum Gasteiger partial charge on any atom is 0.358 e. The molecule has 0 radical (unpaired) electrons. The normalized spacial score (nSPS) is 16.2. The molecule has 0 saturated carbocycles. The molecule has 0 bridgehead atoms. The van der Waals surface area contributed by atoms with Gasteiger partial charge in [-0.3, -0.25) is 9.59 Å². The van der Waals surface area contributed by atoms with Gasteiger partial charge < -0.3 is 18.9 Å². The molecule has 8 heteroatoms. The van der Waals surface area contributed by atoms with Crippen molar-refractivity contribution in [3.8, 4) is 0 Å². The molecule has 3 rings (SSSR count). The first kappa shape index (κ1) is 16.9. The summed E-state index contributed by atoms with van der Waals surface area (Å²) in [5.74, 6) is -0.621. The first-order valence-electron chi connectivity index (χ1n) is 8.08. The van der Waals surface area contributed by atoms with Crippen molar-refractivity contribution in [1.82, 2.24) is 14.5 Å². The Labute approximate surface area is 144 Å². The monoisotopic (exact) mass is 345 g/mol. The fraction of sp³-hybridized carbons (Fsp3) is 0.412. The number of esters is 1. The fourth-order valence-electron chi connectivity index (χ4n) is 2.92. The van der Waals surface area contributed by atoms with Crippen molar-refractivity contribution in [2.45, 2.75) is 25.8 Å². The maximum atomic E-state index is 12.5. The number of hydrogen-bond donors (Lipinski definition) is 0. The Morgan fingerprint density at radius 1 is 1.32 bits per heavy atom. The van der Waals surface area contributed by atoms with Gasteiger partial charge in [0.25, 0.3) is 12.4 Å². The highest BCUT2D eigenvalue weighted by molar-refractivity contribution is 6.06. The fourth-order valence-corrected chi connectivity index (χ4v) is 2.92. The summed E-state index contributed by atoms with van der Waals surface area (Å²) in [7, 11) is 1.70. The van der Waals surface area contributed by atoms with E-state index >= 15 is 0 Å². The standard InChI is InChI=1S/C17H19N3O5/c1-19-9-14-15(17(23)25-8-4-7-24-11-21)18-10-20(14)13-6-3-2-5-12(13)16(19)22/h5-6,10-11H,2-4,7-9H2,1H3. The average molecular weight is 345 g/mol. The number of carbonyl (C=O) groups is 3. The van der Waals surface area contributed by atoms with Gasteiger partial charge in [-0.15, -0.1) is 0 Å². The van der Waals surface area contributed by atoms with E-state index in [9.17, 15) is 14.4 Å². The molecule has 1 aliphatic carbocycles. The zero-order valence-corrected chi connectivity index (χ0v) is 13.9. The average Bonchev–Trinajstić information content (AvgIpc) is 3.00. The van der Waals surface area contributed by atoms with Crippen LogP contribution in [0.3, 0.4) is 0 Å². The second-order valence-corrected chi connectivity index (χ2v) is 5.81. The van der Waals surface area contributed by atoms with Gasteiger partial charge in [-0.2, -0.15) is 0 Å². The molecule has 2 aliphatic rings. The molecule has 1 aliphatic heterocycles. The van der Waals surface area contributed by atoms with Crippen molar-refractivity contribution in [1.29, 1.82) is 0 Å². The van der Waals surface area contributed by atoms with Crippen molar-refractivity contribution in [3.63, 3.8) is 0 Å². The van der Waals surface area contributed by atoms with Crippen molar-refractivity contribution < 1.29 is 23.9 Å². The van der Waals surface area contributed by atoms with E-state index in [4.69, 9.17) is 4.74 Å². The second kappa shape index (κ2) is 7.33. The molecule has 8 nitrogen and oxygen atoms in total. The van der Waals surface area contributed by atoms with Gasteiger partial charge in [0.05, 0.1) is 36.7 Å². The molecule has 0 spiro atoms. The van der Waals surface area contributed by atoms with E-state index in [1.807, 2.05) is 12.2 Å². The van der Waals surface area contributed by atoms with Crippen molar-refractivity contribution in [2.75, 3.05) is 20.3 Å². The van der Waals surface area contributed by atoms with Crippen molar-refractivity contribution in [2.24, 2.45) is 0 Å². The quantitative estimate of drug-likeness (QED) is 0.436. The number of amides is 1. The van der Waals surface area contributed by atoms with Crippen LogP contribution in [0.4, 0.5) is 0 Å². The van der Waals surface area contributed by atoms with E-state index in [1.54, 1.807) is 22.8 Å². The maximum absolute atomic E-state index is 12.5. The number of carbonyl (C=O) groups excluding carboxylic acids is 3. The van der Waals surface area contributed by atoms with Crippen LogP contribution in [0.2, 0.25) is 0 Å². The predicted molar refractivity (Wildman–Crippen MR) is 87.2 cm³/mol. The van der Waals surface area contributed by atoms with E-state index in [0.29, 0.717) is 24.2 Å². The Morgan fingerprint density at radius 2 is 2.12 bits per heavy atom. The SMILES string of the molecule is CN1Cc2c(C(=O)OCCCOC=O)ncn2C2=CCCC=C2C1=O. The van der Waals surface area contributed by atoms with E-state index in [-0.39, 0.29) is 31.4 Å². The summed E-state index contributed by atoms with van der Waals surface area (Å²) in [5.41, 5.74) is 2.22. The van der Waals surface area contributed by atoms with Crippen molar-refractivity contribution in [3.05, 3.63) is 35.4 Å². The minimum absolute atomic E-state index is 0.0695. The van der Waals surface area contributed by atoms with E-state index in [2.05, 4.69) is 9.72 Å². The van der Waals surface area contributed by atoms with E-state index in [0.717, 1.165) is 18.5 Å². The minimum atomic E-state index is -0.551. The molecular formula is C17H19N3O5. The number of allylic oxidation sites excluding steroid dienone is 2. The zero-order valence-electron chi connectivity index (χ0n) is 13.9. The lowest BCUT2D eigenvalue weighted by molar-refractivity contribution is -0.129. The molecule has 0 atom stereocenters. The van der Waals surface area contributed by atoms with Gasteiger partial charge in [-0.05, 0) is 12.8 Å². The molecule has 132 valence electrons. The highest BCUT2D eigenvalue weighted by Crippen LogP contribution is 2.31. The van der Waals surface area contributed by atoms with Crippen LogP contribution in [0, 0.1) is 0 Å². The lowest BCUT2D eigenvalue weighted by Gasteiger charge is -2.16. The summed E-state index contributed by atoms with van der Waals surface area (Å²) in [5, 5.41) is 0. The first-order valence-corrected chi connectivity index (χ1v) is 8.08. The third-order valence-corrected chi connectivity index (χ3v) is 4.12. The summed E-state index contributed by atoms with van der Waals surface area (Å²) in [6.45, 7) is 0.942. The van der Waals surface area contributed by atoms with Gasteiger partial charge in [0.15, 0.2) is 5.69 Å². The number of ether oxygens (including phenoxy) is 2. The Balaban J connectivity index is 1.82. The van der Waals surface area contributed by atoms with Gasteiger partial charge in [0.2, 0.25) is 0 Å². The Bertz CT molecular complexity index is 762. The van der Waals surface area contributed by atoms with Crippen LogP contribution in [-0.4, -0.2) is 53.1 Å². The highest BCUT2D eigenvalue weighted by Gasteiger charge is 2.31. The first-order chi connectivity index (χ1) is 12.1. The molecule has 0 N–H and O–H groups in total. The van der Waals surface area contributed by atoms with Crippen LogP contribution in [-0.2, 0) is 25.6 Å². The zero-order chi connectivity index (χ0) is 17.8. The Morgan fingerprint density at radius 3 is 2.92 bits per heavy atom. The molecule has 0 unspecified atom stereocenters. The van der Waals surface area contributed by atoms with Crippen LogP contribution in [0.1, 0.15) is 35.4 Å². The third kappa shape index (κ3) is 3.33. The summed E-state index contributed by atoms with van der Waals surface area (Å²) < 4.78 is 11.5. The van der Waals surface area contributed by atoms with Gasteiger partial charge in [0, 0.05) is 13.5 Å². The van der Waals surface area contributed by atoms with Crippen LogP contribution in [0.15, 0.2) is 24.1 Å². The van der Waals surface area contributed by atoms with Gasteiger partial charge in [-0.25, -0.2) is 9.78 Å². The molecule has 0 fully saturated rings. The van der Waals surface area contributed by atoms with Gasteiger partial charge >= 0.3 is 5.97 Å². The summed E-state index contributed by atoms with van der Waals surface area (Å²) >= 11 is 0. The number of imidazole rings is 1. The number of rotatable bonds is 6. The Hall–Kier alpha value is -2.90. The van der Waals surface area contributed by atoms with Crippen LogP contribution < -0.4 is 0 Å². The van der Waals surface area contributed by atoms with Crippen LogP contribution >= 0.6 is 0 Å². The molecule has 0 aromatic carbocycles. The molecule has 0 saturated heterocycles. The number of aromatic nitrogens is 2. The highest BCUT2D eigenvalue weighted by atomic mass is 16.5. The predicted octanol–water partition coefficient (Wildman–Crippen LogP) is 1.14. The summed E-state index contributed by atoms with van der Waals surface area (Å²) in [6.07, 6.45) is 7.54. The van der Waals surface area contributed by atoms with Crippen LogP contribution in [0.5, 0.6) is 0 Å². The molecule has 1 amide bonds. The third-order valence-electron chi connectivity index (χ3n) is 4.12. The minimum Gasteiger partial charge on any atom is -0.468 e. The lowest BCUT2D eigenvalue weighted by atomic mass is 10.0. The second-order valence-electron chi connectivity index (χ2n) is 5.81. The summed E-state index contributed by atoms with van der Waals surface area (Å²) in [6, 6.07) is 0. The number of hydrogen-bond acceptors (Lipinski definition) is 6. The molecule has 2 heterocycles. The summed E-state index contributed by atoms with van der Waals surface area (Å²) in [4.78, 5) is 40.7. The number of nitrogens with zero attached hydrogens (tertiary/aromatic N) is 3. The Kier molecular flexibility index (Phi) is 4.97. The van der Waals surface area contributed by atoms with E-state index < -0.39 is 5.97 Å². The van der Waals surface area contributed by atoms with Gasteiger partial charge in [0.1, 0.15) is 6.33 Å². The molecule has 1 aromatic heterocycles. The topological polar surface area (TPSA) is 90.7 Å². The molecule has 1 aromatic rings.